The summed E-state index contributed by atoms with van der Waals surface area (Å²) in [5, 5.41) is 10.1. The minimum absolute atomic E-state index is 0.0853. The highest BCUT2D eigenvalue weighted by atomic mass is 28.4. The molecule has 3 aliphatic rings. The summed E-state index contributed by atoms with van der Waals surface area (Å²) in [6.07, 6.45) is 4.30. The largest absolute Gasteiger partial charge is 0.416 e. The molecule has 0 radical (unpaired) electrons. The Morgan fingerprint density at radius 1 is 1.16 bits per heavy atom. The highest BCUT2D eigenvalue weighted by Crippen LogP contribution is 2.46. The Morgan fingerprint density at radius 2 is 1.92 bits per heavy atom. The summed E-state index contributed by atoms with van der Waals surface area (Å²) < 4.78 is 24.4. The second-order valence-electron chi connectivity index (χ2n) is 9.47. The number of aliphatic hydroxyl groups is 1. The van der Waals surface area contributed by atoms with Gasteiger partial charge in [0.1, 0.15) is 0 Å². The third-order valence-corrected chi connectivity index (χ3v) is 11.2. The Bertz CT molecular complexity index is 444. The maximum atomic E-state index is 9.90. The van der Waals surface area contributed by atoms with E-state index in [9.17, 15) is 5.11 Å². The number of hydrogen-bond acceptors (Lipinski definition) is 5. The Hall–Kier alpha value is 0.0169. The average Bonchev–Trinajstić information content (AvgIpc) is 3.01. The van der Waals surface area contributed by atoms with Gasteiger partial charge in [0.25, 0.3) is 0 Å². The lowest BCUT2D eigenvalue weighted by Gasteiger charge is -2.38. The SMILES string of the molecule is CC(C)(C)[Si](C)(C)OC[C@@H]1C2CC(O)OC2C[C@H]1OC1CCCCO1. The lowest BCUT2D eigenvalue weighted by atomic mass is 9.93. The summed E-state index contributed by atoms with van der Waals surface area (Å²) in [5.74, 6) is 0.607. The number of hydrogen-bond donors (Lipinski definition) is 1. The first-order valence-electron chi connectivity index (χ1n) is 9.92. The first kappa shape index (κ1) is 19.8. The summed E-state index contributed by atoms with van der Waals surface area (Å²) in [6, 6.07) is 0. The highest BCUT2D eigenvalue weighted by Gasteiger charge is 2.51. The molecule has 6 atom stereocenters. The summed E-state index contributed by atoms with van der Waals surface area (Å²) in [6.45, 7) is 12.9. The van der Waals surface area contributed by atoms with Crippen LogP contribution in [-0.4, -0.2) is 51.4 Å². The van der Waals surface area contributed by atoms with Gasteiger partial charge in [-0.05, 0) is 43.3 Å². The minimum Gasteiger partial charge on any atom is -0.416 e. The van der Waals surface area contributed by atoms with Gasteiger partial charge < -0.3 is 23.7 Å². The zero-order valence-corrected chi connectivity index (χ0v) is 17.5. The van der Waals surface area contributed by atoms with Crippen LogP contribution < -0.4 is 0 Å². The van der Waals surface area contributed by atoms with E-state index in [0.29, 0.717) is 18.9 Å². The van der Waals surface area contributed by atoms with Crippen LogP contribution in [0.2, 0.25) is 18.1 Å². The minimum atomic E-state index is -1.81. The second kappa shape index (κ2) is 7.56. The van der Waals surface area contributed by atoms with E-state index < -0.39 is 14.6 Å². The van der Waals surface area contributed by atoms with Gasteiger partial charge in [-0.3, -0.25) is 0 Å². The summed E-state index contributed by atoms with van der Waals surface area (Å²) in [5.41, 5.74) is 0. The van der Waals surface area contributed by atoms with Crippen LogP contribution in [0.4, 0.5) is 0 Å². The van der Waals surface area contributed by atoms with E-state index in [0.717, 1.165) is 25.9 Å². The summed E-state index contributed by atoms with van der Waals surface area (Å²) in [7, 11) is -1.81. The zero-order chi connectivity index (χ0) is 18.2. The molecular formula is C19H36O5Si. The van der Waals surface area contributed by atoms with Crippen LogP contribution in [0.3, 0.4) is 0 Å². The van der Waals surface area contributed by atoms with Crippen molar-refractivity contribution in [1.82, 2.24) is 0 Å². The van der Waals surface area contributed by atoms with Crippen molar-refractivity contribution in [2.75, 3.05) is 13.2 Å². The van der Waals surface area contributed by atoms with Crippen molar-refractivity contribution in [2.24, 2.45) is 11.8 Å². The van der Waals surface area contributed by atoms with E-state index in [1.165, 1.54) is 6.42 Å². The van der Waals surface area contributed by atoms with Gasteiger partial charge in [0.05, 0.1) is 12.2 Å². The van der Waals surface area contributed by atoms with E-state index in [4.69, 9.17) is 18.6 Å². The third kappa shape index (κ3) is 4.47. The lowest BCUT2D eigenvalue weighted by Crippen LogP contribution is -2.44. The second-order valence-corrected chi connectivity index (χ2v) is 14.3. The molecule has 6 heteroatoms. The van der Waals surface area contributed by atoms with Crippen molar-refractivity contribution in [1.29, 1.82) is 0 Å². The normalized spacial score (nSPS) is 39.6. The van der Waals surface area contributed by atoms with E-state index in [1.807, 2.05) is 0 Å². The summed E-state index contributed by atoms with van der Waals surface area (Å²) >= 11 is 0. The Labute approximate surface area is 153 Å². The van der Waals surface area contributed by atoms with Crippen LogP contribution in [-0.2, 0) is 18.6 Å². The molecule has 2 saturated heterocycles. The Morgan fingerprint density at radius 3 is 2.56 bits per heavy atom. The smallest absolute Gasteiger partial charge is 0.191 e. The third-order valence-electron chi connectivity index (χ3n) is 6.68. The van der Waals surface area contributed by atoms with Crippen molar-refractivity contribution in [3.8, 4) is 0 Å². The molecule has 2 aliphatic heterocycles. The molecule has 2 heterocycles. The van der Waals surface area contributed by atoms with E-state index in [2.05, 4.69) is 33.9 Å². The fraction of sp³-hybridized carbons (Fsp3) is 1.00. The predicted octanol–water partition coefficient (Wildman–Crippen LogP) is 3.66. The van der Waals surface area contributed by atoms with Gasteiger partial charge in [0.2, 0.25) is 0 Å². The topological polar surface area (TPSA) is 57.2 Å². The van der Waals surface area contributed by atoms with Crippen LogP contribution >= 0.6 is 0 Å². The van der Waals surface area contributed by atoms with Crippen LogP contribution in [0.5, 0.6) is 0 Å². The molecule has 4 unspecified atom stereocenters. The van der Waals surface area contributed by atoms with Crippen LogP contribution in [0.25, 0.3) is 0 Å². The Kier molecular flexibility index (Phi) is 5.98. The fourth-order valence-electron chi connectivity index (χ4n) is 4.03. The van der Waals surface area contributed by atoms with Crippen molar-refractivity contribution < 1.29 is 23.7 Å². The molecule has 0 aromatic rings. The van der Waals surface area contributed by atoms with Crippen molar-refractivity contribution in [3.05, 3.63) is 0 Å². The van der Waals surface area contributed by atoms with Crippen molar-refractivity contribution >= 4 is 8.32 Å². The molecule has 5 nitrogen and oxygen atoms in total. The summed E-state index contributed by atoms with van der Waals surface area (Å²) in [4.78, 5) is 0. The van der Waals surface area contributed by atoms with E-state index in [-0.39, 0.29) is 29.5 Å². The number of aliphatic hydroxyl groups excluding tert-OH is 1. The lowest BCUT2D eigenvalue weighted by molar-refractivity contribution is -0.201. The molecule has 1 N–H and O–H groups in total. The molecule has 0 aromatic heterocycles. The average molecular weight is 373 g/mol. The molecular weight excluding hydrogens is 336 g/mol. The van der Waals surface area contributed by atoms with Gasteiger partial charge in [-0.1, -0.05) is 20.8 Å². The molecule has 146 valence electrons. The molecule has 25 heavy (non-hydrogen) atoms. The number of fused-ring (bicyclic) bond motifs is 1. The zero-order valence-electron chi connectivity index (χ0n) is 16.5. The first-order chi connectivity index (χ1) is 11.7. The van der Waals surface area contributed by atoms with E-state index >= 15 is 0 Å². The Balaban J connectivity index is 1.65. The molecule has 0 amide bonds. The molecule has 0 aromatic carbocycles. The van der Waals surface area contributed by atoms with Crippen LogP contribution in [0.15, 0.2) is 0 Å². The molecule has 0 bridgehead atoms. The van der Waals surface area contributed by atoms with Gasteiger partial charge in [0.15, 0.2) is 20.9 Å². The van der Waals surface area contributed by atoms with E-state index in [1.54, 1.807) is 0 Å². The molecule has 3 rings (SSSR count). The maximum Gasteiger partial charge on any atom is 0.191 e. The van der Waals surface area contributed by atoms with Crippen molar-refractivity contribution in [2.45, 2.75) is 95.8 Å². The maximum absolute atomic E-state index is 9.90. The van der Waals surface area contributed by atoms with Gasteiger partial charge in [0, 0.05) is 32.0 Å². The van der Waals surface area contributed by atoms with Gasteiger partial charge >= 0.3 is 0 Å². The molecule has 3 fully saturated rings. The van der Waals surface area contributed by atoms with Gasteiger partial charge in [-0.2, -0.15) is 0 Å². The molecule has 1 aliphatic carbocycles. The molecule has 0 spiro atoms. The fourth-order valence-corrected chi connectivity index (χ4v) is 5.07. The predicted molar refractivity (Wildman–Crippen MR) is 98.7 cm³/mol. The number of ether oxygens (including phenoxy) is 3. The van der Waals surface area contributed by atoms with Gasteiger partial charge in [-0.25, -0.2) is 0 Å². The quantitative estimate of drug-likeness (QED) is 0.746. The van der Waals surface area contributed by atoms with Crippen LogP contribution in [0, 0.1) is 11.8 Å². The van der Waals surface area contributed by atoms with Crippen molar-refractivity contribution in [3.63, 3.8) is 0 Å². The number of rotatable bonds is 5. The first-order valence-corrected chi connectivity index (χ1v) is 12.8. The standard InChI is InChI=1S/C19H36O5Si/c1-19(2,3)25(4,5)22-12-14-13-10-17(20)23-15(13)11-16(14)24-18-8-6-7-9-21-18/h13-18,20H,6-12H2,1-5H3/t13?,14-,15?,16-,17?,18?/m1/s1. The van der Waals surface area contributed by atoms with Crippen LogP contribution in [0.1, 0.15) is 52.9 Å². The monoisotopic (exact) mass is 372 g/mol. The molecule has 1 saturated carbocycles. The highest BCUT2D eigenvalue weighted by molar-refractivity contribution is 6.74. The van der Waals surface area contributed by atoms with Gasteiger partial charge in [-0.15, -0.1) is 0 Å².